The fraction of sp³-hybridized carbons (Fsp3) is 0.840. The van der Waals surface area contributed by atoms with Gasteiger partial charge in [-0.3, -0.25) is 0 Å². The van der Waals surface area contributed by atoms with E-state index in [1.807, 2.05) is 0 Å². The Bertz CT molecular complexity index is 1260. The van der Waals surface area contributed by atoms with E-state index in [0.29, 0.717) is 0 Å². The normalized spacial score (nSPS) is 12.7. The molecular formula is C50H93O7PS. The molecule has 0 aliphatic heterocycles. The van der Waals surface area contributed by atoms with Gasteiger partial charge in [-0.05, 0) is 0 Å². The van der Waals surface area contributed by atoms with Gasteiger partial charge in [-0.25, -0.2) is 0 Å². The van der Waals surface area contributed by atoms with E-state index in [2.05, 4.69) is 41.5 Å². The van der Waals surface area contributed by atoms with Crippen LogP contribution >= 0.6 is 6.83 Å². The molecule has 0 atom stereocenters. The van der Waals surface area contributed by atoms with E-state index in [1.54, 1.807) is 0 Å². The molecule has 0 amide bonds. The van der Waals surface area contributed by atoms with Crippen LogP contribution in [-0.4, -0.2) is 58.2 Å². The van der Waals surface area contributed by atoms with Gasteiger partial charge in [0.15, 0.2) is 0 Å². The molecule has 0 saturated heterocycles. The predicted molar refractivity (Wildman–Crippen MR) is 254 cm³/mol. The summed E-state index contributed by atoms with van der Waals surface area (Å²) in [5.41, 5.74) is 0.0910. The summed E-state index contributed by atoms with van der Waals surface area (Å²) >= 11 is 0. The summed E-state index contributed by atoms with van der Waals surface area (Å²) in [7, 11) is -4.38. The van der Waals surface area contributed by atoms with E-state index in [9.17, 15) is 18.0 Å². The fourth-order valence-corrected chi connectivity index (χ4v) is 18.4. The molecule has 0 spiro atoms. The molecule has 0 aromatic heterocycles. The number of rotatable bonds is 41. The van der Waals surface area contributed by atoms with Gasteiger partial charge in [0.05, 0.1) is 0 Å². The Balaban J connectivity index is 3.42. The van der Waals surface area contributed by atoms with E-state index >= 15 is 0 Å². The maximum absolute atomic E-state index is 14.9. The molecule has 0 fully saturated rings. The maximum atomic E-state index is 14.9. The van der Waals surface area contributed by atoms with Crippen LogP contribution in [0.2, 0.25) is 0 Å². The Hall–Kier alpha value is -1.50. The van der Waals surface area contributed by atoms with E-state index in [4.69, 9.17) is 13.4 Å². The number of benzene rings is 1. The topological polar surface area (TPSA) is 96.0 Å². The Kier molecular flexibility index (Phi) is 32.0. The van der Waals surface area contributed by atoms with Gasteiger partial charge in [0.2, 0.25) is 0 Å². The SMILES string of the molecule is CCCCCCCCCCCCCCP(CCCC)(CCCC)(CCCC)OS(=O)(=O)c1cc(C(=O)OCCCCCCCC)cc(C(=O)OCCCCCCCC)c1. The predicted octanol–water partition coefficient (Wildman–Crippen LogP) is 16.0. The van der Waals surface area contributed by atoms with Crippen LogP contribution in [0.5, 0.6) is 0 Å². The number of carbonyl (C=O) groups is 2. The average molecular weight is 869 g/mol. The summed E-state index contributed by atoms with van der Waals surface area (Å²) < 4.78 is 48.1. The minimum atomic E-state index is -4.38. The standard InChI is InChI=1S/C50H93O7PS/c1-7-13-19-22-25-26-27-28-29-30-33-36-42-58(39-16-10-4,40-17-11-5,41-18-12-6)57-59(53,54)48-44-46(49(51)55-37-34-31-23-20-14-8-2)43-47(45-48)50(52)56-38-35-32-24-21-15-9-3/h43-45H,7-42H2,1-6H3. The number of hydrogen-bond acceptors (Lipinski definition) is 7. The zero-order valence-corrected chi connectivity index (χ0v) is 41.1. The van der Waals surface area contributed by atoms with Gasteiger partial charge in [-0.1, -0.05) is 52.9 Å². The van der Waals surface area contributed by atoms with E-state index < -0.39 is 28.9 Å². The van der Waals surface area contributed by atoms with Crippen LogP contribution in [0.15, 0.2) is 23.1 Å². The monoisotopic (exact) mass is 869 g/mol. The van der Waals surface area contributed by atoms with Crippen LogP contribution in [0.1, 0.15) is 255 Å². The van der Waals surface area contributed by atoms with Crippen LogP contribution in [0.25, 0.3) is 0 Å². The van der Waals surface area contributed by atoms with Crippen molar-refractivity contribution in [1.29, 1.82) is 0 Å². The first-order valence-electron chi connectivity index (χ1n) is 25.0. The summed E-state index contributed by atoms with van der Waals surface area (Å²) in [5.74, 6) is -1.25. The quantitative estimate of drug-likeness (QED) is 0.0367. The fourth-order valence-electron chi connectivity index (χ4n) is 8.41. The van der Waals surface area contributed by atoms with Gasteiger partial charge in [-0.2, -0.15) is 0 Å². The second-order valence-electron chi connectivity index (χ2n) is 17.8. The molecule has 0 bridgehead atoms. The Morgan fingerprint density at radius 3 is 1.03 bits per heavy atom. The van der Waals surface area contributed by atoms with Crippen LogP contribution in [-0.2, 0) is 23.6 Å². The van der Waals surface area contributed by atoms with Crippen LogP contribution in [0.3, 0.4) is 0 Å². The van der Waals surface area contributed by atoms with Gasteiger partial charge < -0.3 is 0 Å². The van der Waals surface area contributed by atoms with Crippen LogP contribution < -0.4 is 0 Å². The molecule has 0 saturated carbocycles. The van der Waals surface area contributed by atoms with Gasteiger partial charge >= 0.3 is 314 Å². The number of unbranched alkanes of at least 4 members (excludes halogenated alkanes) is 24. The van der Waals surface area contributed by atoms with Crippen molar-refractivity contribution in [2.24, 2.45) is 0 Å². The van der Waals surface area contributed by atoms with Crippen molar-refractivity contribution in [2.45, 2.75) is 239 Å². The zero-order chi connectivity index (χ0) is 43.5. The van der Waals surface area contributed by atoms with Crippen molar-refractivity contribution < 1.29 is 31.5 Å². The van der Waals surface area contributed by atoms with Gasteiger partial charge in [0.25, 0.3) is 0 Å². The summed E-state index contributed by atoms with van der Waals surface area (Å²) in [5, 5.41) is 0. The molecule has 1 aromatic carbocycles. The molecule has 1 aromatic rings. The molecule has 0 radical (unpaired) electrons. The third-order valence-corrected chi connectivity index (χ3v) is 21.3. The van der Waals surface area contributed by atoms with E-state index in [1.165, 1.54) is 102 Å². The molecule has 346 valence electrons. The molecule has 0 aliphatic rings. The molecule has 0 heterocycles. The first kappa shape index (κ1) is 55.5. The first-order valence-corrected chi connectivity index (χ1v) is 29.3. The minimum absolute atomic E-state index is 0.0455. The second kappa shape index (κ2) is 34.0. The summed E-state index contributed by atoms with van der Waals surface area (Å²) in [6.07, 6.45) is 36.4. The van der Waals surface area contributed by atoms with Gasteiger partial charge in [0.1, 0.15) is 0 Å². The van der Waals surface area contributed by atoms with Crippen molar-refractivity contribution in [3.63, 3.8) is 0 Å². The van der Waals surface area contributed by atoms with E-state index in [0.717, 1.165) is 134 Å². The molecular weight excluding hydrogens is 776 g/mol. The van der Waals surface area contributed by atoms with Crippen LogP contribution in [0, 0.1) is 0 Å². The van der Waals surface area contributed by atoms with Crippen molar-refractivity contribution in [2.75, 3.05) is 37.9 Å². The summed E-state index contributed by atoms with van der Waals surface area (Å²) in [4.78, 5) is 26.9. The molecule has 9 heteroatoms. The zero-order valence-electron chi connectivity index (χ0n) is 39.4. The van der Waals surface area contributed by atoms with Gasteiger partial charge in [-0.15, -0.1) is 0 Å². The third kappa shape index (κ3) is 24.1. The Morgan fingerprint density at radius 1 is 0.407 bits per heavy atom. The number of esters is 2. The van der Waals surface area contributed by atoms with Crippen molar-refractivity contribution in [1.82, 2.24) is 0 Å². The summed E-state index contributed by atoms with van der Waals surface area (Å²) in [6, 6.07) is 4.18. The number of ether oxygens (including phenoxy) is 2. The van der Waals surface area contributed by atoms with Crippen molar-refractivity contribution >= 4 is 28.9 Å². The molecule has 0 N–H and O–H groups in total. The van der Waals surface area contributed by atoms with E-state index in [-0.39, 0.29) is 29.2 Å². The second-order valence-corrected chi connectivity index (χ2v) is 25.3. The third-order valence-electron chi connectivity index (χ3n) is 12.2. The Labute approximate surface area is 365 Å². The first-order chi connectivity index (χ1) is 28.6. The van der Waals surface area contributed by atoms with Crippen molar-refractivity contribution in [3.05, 3.63) is 29.3 Å². The molecule has 7 nitrogen and oxygen atoms in total. The molecule has 0 unspecified atom stereocenters. The van der Waals surface area contributed by atoms with Crippen LogP contribution in [0.4, 0.5) is 0 Å². The molecule has 0 aliphatic carbocycles. The molecule has 59 heavy (non-hydrogen) atoms. The average Bonchev–Trinajstić information content (AvgIpc) is 3.23. The Morgan fingerprint density at radius 2 is 0.695 bits per heavy atom. The number of hydrogen-bond donors (Lipinski definition) is 0. The molecule has 1 rings (SSSR count). The van der Waals surface area contributed by atoms with Gasteiger partial charge in [0, 0.05) is 0 Å². The number of carbonyl (C=O) groups excluding carboxylic acids is 2. The van der Waals surface area contributed by atoms with Crippen molar-refractivity contribution in [3.8, 4) is 0 Å². The summed E-state index contributed by atoms with van der Waals surface area (Å²) in [6.45, 7) is 10.3.